The Labute approximate surface area is 58.5 Å². The lowest BCUT2D eigenvalue weighted by atomic mass is 10.5. The van der Waals surface area contributed by atoms with Crippen molar-refractivity contribution in [3.05, 3.63) is 11.8 Å². The molecule has 0 bridgehead atoms. The summed E-state index contributed by atoms with van der Waals surface area (Å²) in [4.78, 5) is 3.98. The second-order valence-corrected chi connectivity index (χ2v) is 1.32. The van der Waals surface area contributed by atoms with Crippen LogP contribution in [0, 0.1) is 0 Å². The number of hydrogen-bond donors (Lipinski definition) is 0. The Morgan fingerprint density at radius 3 is 1.78 bits per heavy atom. The molecule has 1 nitrogen and oxygen atoms in total. The van der Waals surface area contributed by atoms with Crippen LogP contribution >= 0.6 is 0 Å². The number of allylic oxidation sites excluding steroid dienone is 2. The Morgan fingerprint density at radius 2 is 1.67 bits per heavy atom. The summed E-state index contributed by atoms with van der Waals surface area (Å²) in [5.41, 5.74) is 1.07. The molecule has 0 aliphatic heterocycles. The van der Waals surface area contributed by atoms with Crippen molar-refractivity contribution in [2.75, 3.05) is 0 Å². The second kappa shape index (κ2) is 10.4. The summed E-state index contributed by atoms with van der Waals surface area (Å²) in [6.07, 6.45) is 3.76. The maximum absolute atomic E-state index is 3.98. The molecule has 0 aromatic carbocycles. The quantitative estimate of drug-likeness (QED) is 0.480. The van der Waals surface area contributed by atoms with E-state index in [9.17, 15) is 0 Å². The minimum atomic E-state index is 1.07. The van der Waals surface area contributed by atoms with Crippen molar-refractivity contribution in [3.63, 3.8) is 0 Å². The molecule has 0 radical (unpaired) electrons. The molecule has 0 fully saturated rings. The van der Waals surface area contributed by atoms with Gasteiger partial charge in [0, 0.05) is 11.9 Å². The molecule has 0 aromatic rings. The van der Waals surface area contributed by atoms with E-state index in [0.717, 1.165) is 5.70 Å². The van der Waals surface area contributed by atoms with Crippen molar-refractivity contribution in [2.45, 2.75) is 34.6 Å². The number of nitrogens with zero attached hydrogens (tertiary/aromatic N) is 1. The van der Waals surface area contributed by atoms with Gasteiger partial charge >= 0.3 is 0 Å². The van der Waals surface area contributed by atoms with Crippen LogP contribution in [0.15, 0.2) is 16.8 Å². The molecule has 0 saturated carbocycles. The maximum atomic E-state index is 3.98. The van der Waals surface area contributed by atoms with Gasteiger partial charge in [-0.25, -0.2) is 0 Å². The zero-order valence-corrected chi connectivity index (χ0v) is 7.10. The summed E-state index contributed by atoms with van der Waals surface area (Å²) < 4.78 is 0. The molecule has 0 aromatic heterocycles. The predicted octanol–water partition coefficient (Wildman–Crippen LogP) is 3.03. The minimum Gasteiger partial charge on any atom is -0.267 e. The van der Waals surface area contributed by atoms with Crippen LogP contribution in [0.25, 0.3) is 0 Å². The molecule has 0 aliphatic rings. The van der Waals surface area contributed by atoms with E-state index in [1.807, 2.05) is 40.7 Å². The third kappa shape index (κ3) is 11.2. The summed E-state index contributed by atoms with van der Waals surface area (Å²) in [6.45, 7) is 9.86. The second-order valence-electron chi connectivity index (χ2n) is 1.32. The lowest BCUT2D eigenvalue weighted by Crippen LogP contribution is -1.64. The first-order chi connectivity index (χ1) is 4.31. The Hall–Kier alpha value is -0.590. The van der Waals surface area contributed by atoms with E-state index in [4.69, 9.17) is 0 Å². The van der Waals surface area contributed by atoms with Gasteiger partial charge in [-0.15, -0.1) is 0 Å². The van der Waals surface area contributed by atoms with Gasteiger partial charge in [0.05, 0.1) is 0 Å². The van der Waals surface area contributed by atoms with Crippen LogP contribution in [0.1, 0.15) is 34.6 Å². The highest BCUT2D eigenvalue weighted by atomic mass is 14.7. The minimum absolute atomic E-state index is 1.07. The fraction of sp³-hybridized carbons (Fsp3) is 0.625. The molecule has 0 unspecified atom stereocenters. The van der Waals surface area contributed by atoms with Crippen LogP contribution in [0.2, 0.25) is 0 Å². The van der Waals surface area contributed by atoms with Gasteiger partial charge in [0.1, 0.15) is 0 Å². The highest BCUT2D eigenvalue weighted by Crippen LogP contribution is 1.89. The molecule has 54 valence electrons. The molecule has 1 heteroatoms. The number of rotatable bonds is 1. The summed E-state index contributed by atoms with van der Waals surface area (Å²) in [5, 5.41) is 0. The summed E-state index contributed by atoms with van der Waals surface area (Å²) in [7, 11) is 0. The monoisotopic (exact) mass is 127 g/mol. The van der Waals surface area contributed by atoms with Crippen LogP contribution in [0.5, 0.6) is 0 Å². The van der Waals surface area contributed by atoms with Gasteiger partial charge in [-0.2, -0.15) is 0 Å². The highest BCUT2D eigenvalue weighted by Gasteiger charge is 1.70. The molecular formula is C8H17N. The van der Waals surface area contributed by atoms with Crippen LogP contribution in [0.4, 0.5) is 0 Å². The molecular weight excluding hydrogens is 110 g/mol. The lowest BCUT2D eigenvalue weighted by Gasteiger charge is -1.81. The Kier molecular flexibility index (Phi) is 13.0. The average molecular weight is 127 g/mol. The van der Waals surface area contributed by atoms with Gasteiger partial charge in [-0.1, -0.05) is 19.9 Å². The molecule has 0 saturated heterocycles. The molecule has 0 rings (SSSR count). The van der Waals surface area contributed by atoms with Crippen molar-refractivity contribution in [2.24, 2.45) is 4.99 Å². The smallest absolute Gasteiger partial charge is 0.0326 e. The summed E-state index contributed by atoms with van der Waals surface area (Å²) >= 11 is 0. The fourth-order valence-corrected chi connectivity index (χ4v) is 0.278. The summed E-state index contributed by atoms with van der Waals surface area (Å²) in [6, 6.07) is 0. The fourth-order valence-electron chi connectivity index (χ4n) is 0.278. The van der Waals surface area contributed by atoms with Crippen LogP contribution in [-0.4, -0.2) is 6.21 Å². The molecule has 0 amide bonds. The van der Waals surface area contributed by atoms with Gasteiger partial charge in [0.25, 0.3) is 0 Å². The zero-order valence-electron chi connectivity index (χ0n) is 7.10. The van der Waals surface area contributed by atoms with Crippen molar-refractivity contribution in [1.82, 2.24) is 0 Å². The normalized spacial score (nSPS) is 11.0. The first-order valence-corrected chi connectivity index (χ1v) is 3.43. The third-order valence-corrected chi connectivity index (χ3v) is 0.751. The van der Waals surface area contributed by atoms with Crippen molar-refractivity contribution >= 4 is 6.21 Å². The Bertz CT molecular complexity index is 90.7. The molecule has 0 aliphatic carbocycles. The van der Waals surface area contributed by atoms with E-state index < -0.39 is 0 Å². The topological polar surface area (TPSA) is 12.4 Å². The molecule has 0 spiro atoms. The van der Waals surface area contributed by atoms with Gasteiger partial charge in [-0.05, 0) is 20.8 Å². The van der Waals surface area contributed by atoms with E-state index in [1.54, 1.807) is 6.21 Å². The third-order valence-electron chi connectivity index (χ3n) is 0.751. The highest BCUT2D eigenvalue weighted by molar-refractivity contribution is 5.54. The molecule has 0 heterocycles. The van der Waals surface area contributed by atoms with E-state index in [1.165, 1.54) is 0 Å². The molecule has 0 N–H and O–H groups in total. The van der Waals surface area contributed by atoms with E-state index >= 15 is 0 Å². The van der Waals surface area contributed by atoms with Crippen LogP contribution < -0.4 is 0 Å². The van der Waals surface area contributed by atoms with Crippen molar-refractivity contribution in [3.8, 4) is 0 Å². The van der Waals surface area contributed by atoms with Crippen molar-refractivity contribution < 1.29 is 0 Å². The maximum Gasteiger partial charge on any atom is 0.0326 e. The first kappa shape index (κ1) is 11.2. The van der Waals surface area contributed by atoms with E-state index in [-0.39, 0.29) is 0 Å². The SMILES string of the molecule is CC.CC=N/C(C)=C\C. The lowest BCUT2D eigenvalue weighted by molar-refractivity contribution is 1.29. The number of aliphatic imine (C=N–C) groups is 1. The van der Waals surface area contributed by atoms with Crippen molar-refractivity contribution in [1.29, 1.82) is 0 Å². The van der Waals surface area contributed by atoms with Gasteiger partial charge in [-0.3, -0.25) is 4.99 Å². The standard InChI is InChI=1S/C6H11N.C2H6/c1-4-6(3)7-5-2;1-2/h4-5H,1-3H3;1-2H3/b6-4-,7-5?;. The van der Waals surface area contributed by atoms with Gasteiger partial charge in [0.2, 0.25) is 0 Å². The van der Waals surface area contributed by atoms with E-state index in [2.05, 4.69) is 4.99 Å². The zero-order chi connectivity index (χ0) is 7.70. The Morgan fingerprint density at radius 1 is 1.22 bits per heavy atom. The Balaban J connectivity index is 0. The largest absolute Gasteiger partial charge is 0.267 e. The van der Waals surface area contributed by atoms with Crippen LogP contribution in [0.3, 0.4) is 0 Å². The molecule has 9 heavy (non-hydrogen) atoms. The van der Waals surface area contributed by atoms with Gasteiger partial charge < -0.3 is 0 Å². The van der Waals surface area contributed by atoms with Crippen LogP contribution in [-0.2, 0) is 0 Å². The van der Waals surface area contributed by atoms with Gasteiger partial charge in [0.15, 0.2) is 0 Å². The number of hydrogen-bond acceptors (Lipinski definition) is 1. The summed E-state index contributed by atoms with van der Waals surface area (Å²) in [5.74, 6) is 0. The predicted molar refractivity (Wildman–Crippen MR) is 44.9 cm³/mol. The van der Waals surface area contributed by atoms with E-state index in [0.29, 0.717) is 0 Å². The first-order valence-electron chi connectivity index (χ1n) is 3.43. The average Bonchev–Trinajstić information content (AvgIpc) is 1.93. The molecule has 0 atom stereocenters.